The van der Waals surface area contributed by atoms with Gasteiger partial charge in [-0.05, 0) is 29.7 Å². The van der Waals surface area contributed by atoms with Crippen LogP contribution in [0.2, 0.25) is 0 Å². The normalized spacial score (nSPS) is 13.1. The predicted octanol–water partition coefficient (Wildman–Crippen LogP) is 2.54. The molecule has 0 N–H and O–H groups in total. The maximum absolute atomic E-state index is 5.40. The van der Waals surface area contributed by atoms with Gasteiger partial charge in [0.25, 0.3) is 0 Å². The largest absolute Gasteiger partial charge is 0.454 e. The number of hydrogen-bond donors (Lipinski definition) is 0. The highest BCUT2D eigenvalue weighted by Crippen LogP contribution is 2.40. The van der Waals surface area contributed by atoms with Crippen molar-refractivity contribution in [2.45, 2.75) is 0 Å². The summed E-state index contributed by atoms with van der Waals surface area (Å²) in [4.78, 5) is 0. The smallest absolute Gasteiger partial charge is 0.231 e. The van der Waals surface area contributed by atoms with Gasteiger partial charge >= 0.3 is 0 Å². The molecule has 1 aromatic heterocycles. The third kappa shape index (κ3) is 1.08. The topological polar surface area (TPSA) is 31.4 Å². The maximum atomic E-state index is 5.40. The van der Waals surface area contributed by atoms with Crippen LogP contribution in [0.4, 0.5) is 0 Å². The lowest BCUT2D eigenvalue weighted by Gasteiger charge is -2.01. The van der Waals surface area contributed by atoms with E-state index < -0.39 is 0 Å². The molecule has 0 spiro atoms. The van der Waals surface area contributed by atoms with Crippen LogP contribution in [0.3, 0.4) is 0 Å². The fraction of sp³-hybridized carbons (Fsp3) is 0.100. The van der Waals surface area contributed by atoms with Gasteiger partial charge in [0, 0.05) is 10.9 Å². The molecule has 14 heavy (non-hydrogen) atoms. The third-order valence-electron chi connectivity index (χ3n) is 2.11. The van der Waals surface area contributed by atoms with Crippen LogP contribution in [0.1, 0.15) is 0 Å². The Bertz CT molecular complexity index is 453. The number of nitrogens with zero attached hydrogens (tertiary/aromatic N) is 1. The minimum Gasteiger partial charge on any atom is -0.454 e. The third-order valence-corrected chi connectivity index (χ3v) is 2.67. The van der Waals surface area contributed by atoms with Crippen molar-refractivity contribution >= 4 is 11.5 Å². The average Bonchev–Trinajstić information content (AvgIpc) is 2.88. The highest BCUT2D eigenvalue weighted by molar-refractivity contribution is 7.03. The number of hydrogen-bond acceptors (Lipinski definition) is 4. The predicted molar refractivity (Wildman–Crippen MR) is 53.7 cm³/mol. The first-order chi connectivity index (χ1) is 6.95. The van der Waals surface area contributed by atoms with Gasteiger partial charge in [-0.2, -0.15) is 4.37 Å². The van der Waals surface area contributed by atoms with Crippen molar-refractivity contribution < 1.29 is 9.47 Å². The first-order valence-electron chi connectivity index (χ1n) is 4.24. The fourth-order valence-corrected chi connectivity index (χ4v) is 2.01. The minimum absolute atomic E-state index is 0.302. The molecule has 0 radical (unpaired) electrons. The fourth-order valence-electron chi connectivity index (χ4n) is 1.48. The van der Waals surface area contributed by atoms with E-state index in [4.69, 9.17) is 9.47 Å². The Labute approximate surface area is 85.1 Å². The van der Waals surface area contributed by atoms with E-state index in [0.29, 0.717) is 6.79 Å². The summed E-state index contributed by atoms with van der Waals surface area (Å²) in [6, 6.07) is 7.81. The molecule has 4 heteroatoms. The molecular formula is C10H7NO2S. The van der Waals surface area contributed by atoms with E-state index >= 15 is 0 Å². The van der Waals surface area contributed by atoms with Gasteiger partial charge in [0.15, 0.2) is 11.5 Å². The lowest BCUT2D eigenvalue weighted by atomic mass is 10.1. The molecule has 0 fully saturated rings. The monoisotopic (exact) mass is 205 g/mol. The van der Waals surface area contributed by atoms with Crippen molar-refractivity contribution in [3.05, 3.63) is 29.6 Å². The highest BCUT2D eigenvalue weighted by Gasteiger charge is 2.18. The van der Waals surface area contributed by atoms with Crippen LogP contribution in [0.5, 0.6) is 11.5 Å². The van der Waals surface area contributed by atoms with Crippen LogP contribution in [0.25, 0.3) is 11.3 Å². The standard InChI is InChI=1S/C10H7NO2S/c1-2-7(8-4-5-14-11-8)10-9(3-1)12-6-13-10/h1-5H,6H2. The van der Waals surface area contributed by atoms with Gasteiger partial charge < -0.3 is 9.47 Å². The van der Waals surface area contributed by atoms with Crippen LogP contribution in [-0.2, 0) is 0 Å². The number of para-hydroxylation sites is 1. The second-order valence-electron chi connectivity index (χ2n) is 2.92. The zero-order valence-corrected chi connectivity index (χ0v) is 8.08. The van der Waals surface area contributed by atoms with Crippen LogP contribution in [0.15, 0.2) is 29.6 Å². The van der Waals surface area contributed by atoms with Crippen molar-refractivity contribution in [2.75, 3.05) is 6.79 Å². The molecule has 3 rings (SSSR count). The number of rotatable bonds is 1. The van der Waals surface area contributed by atoms with E-state index in [1.807, 2.05) is 29.6 Å². The van der Waals surface area contributed by atoms with Crippen molar-refractivity contribution in [1.82, 2.24) is 4.37 Å². The molecule has 2 heterocycles. The van der Waals surface area contributed by atoms with Crippen molar-refractivity contribution in [3.63, 3.8) is 0 Å². The molecule has 1 aliphatic rings. The zero-order chi connectivity index (χ0) is 9.38. The van der Waals surface area contributed by atoms with E-state index in [1.54, 1.807) is 0 Å². The van der Waals surface area contributed by atoms with E-state index in [0.717, 1.165) is 22.8 Å². The lowest BCUT2D eigenvalue weighted by Crippen LogP contribution is -1.93. The molecule has 0 saturated heterocycles. The molecule has 0 amide bonds. The Morgan fingerprint density at radius 3 is 3.07 bits per heavy atom. The maximum Gasteiger partial charge on any atom is 0.231 e. The average molecular weight is 205 g/mol. The second kappa shape index (κ2) is 2.99. The molecule has 3 nitrogen and oxygen atoms in total. The van der Waals surface area contributed by atoms with Crippen molar-refractivity contribution in [2.24, 2.45) is 0 Å². The summed E-state index contributed by atoms with van der Waals surface area (Å²) in [5.41, 5.74) is 1.94. The number of fused-ring (bicyclic) bond motifs is 1. The Hall–Kier alpha value is -1.55. The summed E-state index contributed by atoms with van der Waals surface area (Å²) in [6.45, 7) is 0.302. The van der Waals surface area contributed by atoms with E-state index in [-0.39, 0.29) is 0 Å². The van der Waals surface area contributed by atoms with Crippen LogP contribution in [0, 0.1) is 0 Å². The highest BCUT2D eigenvalue weighted by atomic mass is 32.1. The summed E-state index contributed by atoms with van der Waals surface area (Å²) in [5.74, 6) is 1.61. The van der Waals surface area contributed by atoms with Crippen molar-refractivity contribution in [1.29, 1.82) is 0 Å². The summed E-state index contributed by atoms with van der Waals surface area (Å²) in [7, 11) is 0. The van der Waals surface area contributed by atoms with Gasteiger partial charge in [-0.25, -0.2) is 0 Å². The van der Waals surface area contributed by atoms with E-state index in [9.17, 15) is 0 Å². The summed E-state index contributed by atoms with van der Waals surface area (Å²) >= 11 is 1.43. The van der Waals surface area contributed by atoms with Crippen molar-refractivity contribution in [3.8, 4) is 22.8 Å². The first kappa shape index (κ1) is 7.82. The minimum atomic E-state index is 0.302. The first-order valence-corrected chi connectivity index (χ1v) is 5.08. The number of benzene rings is 1. The van der Waals surface area contributed by atoms with Gasteiger partial charge in [0.1, 0.15) is 0 Å². The zero-order valence-electron chi connectivity index (χ0n) is 7.27. The SMILES string of the molecule is c1cc2c(c(-c3ccsn3)c1)OCO2. The summed E-state index contributed by atoms with van der Waals surface area (Å²) < 4.78 is 15.0. The van der Waals surface area contributed by atoms with Crippen LogP contribution in [-0.4, -0.2) is 11.2 Å². The van der Waals surface area contributed by atoms with Gasteiger partial charge in [0.2, 0.25) is 6.79 Å². The molecule has 1 aliphatic heterocycles. The second-order valence-corrected chi connectivity index (χ2v) is 3.59. The molecule has 70 valence electrons. The Morgan fingerprint density at radius 1 is 1.21 bits per heavy atom. The summed E-state index contributed by atoms with van der Waals surface area (Å²) in [6.07, 6.45) is 0. The van der Waals surface area contributed by atoms with Crippen LogP contribution < -0.4 is 9.47 Å². The summed E-state index contributed by atoms with van der Waals surface area (Å²) in [5, 5.41) is 1.95. The Balaban J connectivity index is 2.20. The number of ether oxygens (including phenoxy) is 2. The molecule has 0 saturated carbocycles. The molecule has 1 aromatic carbocycles. The van der Waals surface area contributed by atoms with Gasteiger partial charge in [-0.15, -0.1) is 0 Å². The van der Waals surface area contributed by atoms with E-state index in [1.165, 1.54) is 11.5 Å². The Kier molecular flexibility index (Phi) is 1.67. The Morgan fingerprint density at radius 2 is 2.21 bits per heavy atom. The molecule has 0 unspecified atom stereocenters. The molecule has 0 atom stereocenters. The van der Waals surface area contributed by atoms with Gasteiger partial charge in [-0.1, -0.05) is 6.07 Å². The lowest BCUT2D eigenvalue weighted by molar-refractivity contribution is 0.174. The number of aromatic nitrogens is 1. The molecular weight excluding hydrogens is 198 g/mol. The molecule has 0 aliphatic carbocycles. The quantitative estimate of drug-likeness (QED) is 0.717. The van der Waals surface area contributed by atoms with Gasteiger partial charge in [0.05, 0.1) is 5.69 Å². The van der Waals surface area contributed by atoms with Crippen LogP contribution >= 0.6 is 11.5 Å². The van der Waals surface area contributed by atoms with E-state index in [2.05, 4.69) is 4.37 Å². The van der Waals surface area contributed by atoms with Gasteiger partial charge in [-0.3, -0.25) is 0 Å². The molecule has 0 bridgehead atoms. The molecule has 2 aromatic rings.